The molecule has 0 aromatic heterocycles. The molecule has 1 atom stereocenters. The van der Waals surface area contributed by atoms with E-state index < -0.39 is 5.97 Å². The maximum atomic E-state index is 12.8. The second-order valence-corrected chi connectivity index (χ2v) is 6.17. The second-order valence-electron chi connectivity index (χ2n) is 4.98. The van der Waals surface area contributed by atoms with Crippen LogP contribution in [0.4, 0.5) is 0 Å². The van der Waals surface area contributed by atoms with E-state index in [9.17, 15) is 14.7 Å². The van der Waals surface area contributed by atoms with E-state index in [-0.39, 0.29) is 22.4 Å². The lowest BCUT2D eigenvalue weighted by molar-refractivity contribution is 0.0676. The van der Waals surface area contributed by atoms with Crippen LogP contribution in [0.1, 0.15) is 31.7 Å². The Morgan fingerprint density at radius 3 is 2.32 bits per heavy atom. The van der Waals surface area contributed by atoms with Gasteiger partial charge in [0.1, 0.15) is 5.37 Å². The first-order valence-electron chi connectivity index (χ1n) is 6.98. The Labute approximate surface area is 132 Å². The maximum absolute atomic E-state index is 12.8. The van der Waals surface area contributed by atoms with Crippen LogP contribution in [-0.4, -0.2) is 34.2 Å². The molecule has 0 aliphatic carbocycles. The number of aromatic carboxylic acids is 1. The van der Waals surface area contributed by atoms with Crippen LogP contribution in [0.25, 0.3) is 0 Å². The Kier molecular flexibility index (Phi) is 4.15. The van der Waals surface area contributed by atoms with Gasteiger partial charge in [0.15, 0.2) is 0 Å². The zero-order chi connectivity index (χ0) is 15.5. The van der Waals surface area contributed by atoms with Crippen LogP contribution in [0.15, 0.2) is 54.6 Å². The van der Waals surface area contributed by atoms with E-state index >= 15 is 0 Å². The number of carboxylic acids is 1. The van der Waals surface area contributed by atoms with Crippen LogP contribution in [0, 0.1) is 0 Å². The van der Waals surface area contributed by atoms with Gasteiger partial charge in [-0.05, 0) is 17.7 Å². The fraction of sp³-hybridized carbons (Fsp3) is 0.176. The van der Waals surface area contributed by atoms with Gasteiger partial charge < -0.3 is 10.0 Å². The number of amides is 1. The summed E-state index contributed by atoms with van der Waals surface area (Å²) in [6.45, 7) is 0.622. The smallest absolute Gasteiger partial charge is 0.336 e. The molecule has 22 heavy (non-hydrogen) atoms. The maximum Gasteiger partial charge on any atom is 0.336 e. The number of nitrogens with zero attached hydrogens (tertiary/aromatic N) is 1. The van der Waals surface area contributed by atoms with Gasteiger partial charge in [0, 0.05) is 12.3 Å². The number of carbonyl (C=O) groups excluding carboxylic acids is 1. The predicted octanol–water partition coefficient (Wildman–Crippen LogP) is 3.27. The molecule has 1 N–H and O–H groups in total. The Morgan fingerprint density at radius 2 is 1.64 bits per heavy atom. The third-order valence-electron chi connectivity index (χ3n) is 3.62. The average Bonchev–Trinajstić information content (AvgIpc) is 3.04. The number of hydrogen-bond acceptors (Lipinski definition) is 3. The molecule has 0 bridgehead atoms. The minimum absolute atomic E-state index is 0.0520. The van der Waals surface area contributed by atoms with Gasteiger partial charge >= 0.3 is 5.97 Å². The predicted molar refractivity (Wildman–Crippen MR) is 86.1 cm³/mol. The number of benzene rings is 2. The van der Waals surface area contributed by atoms with Crippen molar-refractivity contribution in [1.82, 2.24) is 4.90 Å². The van der Waals surface area contributed by atoms with Crippen molar-refractivity contribution in [2.45, 2.75) is 5.37 Å². The van der Waals surface area contributed by atoms with Crippen LogP contribution < -0.4 is 0 Å². The molecule has 0 unspecified atom stereocenters. The molecule has 1 heterocycles. The molecule has 5 heteroatoms. The summed E-state index contributed by atoms with van der Waals surface area (Å²) < 4.78 is 0. The van der Waals surface area contributed by atoms with Gasteiger partial charge in [-0.25, -0.2) is 4.79 Å². The Morgan fingerprint density at radius 1 is 1.00 bits per heavy atom. The standard InChI is InChI=1S/C17H15NO3S/c19-15(13-8-4-5-9-14(13)17(20)21)18-10-11-22-16(18)12-6-2-1-3-7-12/h1-9,16H,10-11H2,(H,20,21)/t16-/m0/s1. The van der Waals surface area contributed by atoms with Gasteiger partial charge in [-0.2, -0.15) is 0 Å². The number of thioether (sulfide) groups is 1. The van der Waals surface area contributed by atoms with E-state index in [0.717, 1.165) is 11.3 Å². The SMILES string of the molecule is O=C(O)c1ccccc1C(=O)N1CCS[C@H]1c1ccccc1. The molecule has 1 aliphatic heterocycles. The fourth-order valence-corrected chi connectivity index (χ4v) is 3.84. The average molecular weight is 313 g/mol. The molecule has 1 fully saturated rings. The summed E-state index contributed by atoms with van der Waals surface area (Å²) in [5.41, 5.74) is 1.36. The lowest BCUT2D eigenvalue weighted by atomic mass is 10.1. The van der Waals surface area contributed by atoms with E-state index in [1.807, 2.05) is 30.3 Å². The van der Waals surface area contributed by atoms with Crippen LogP contribution in [0.2, 0.25) is 0 Å². The first-order chi connectivity index (χ1) is 10.7. The topological polar surface area (TPSA) is 57.6 Å². The lowest BCUT2D eigenvalue weighted by Crippen LogP contribution is -2.31. The zero-order valence-electron chi connectivity index (χ0n) is 11.8. The van der Waals surface area contributed by atoms with Crippen molar-refractivity contribution in [1.29, 1.82) is 0 Å². The summed E-state index contributed by atoms with van der Waals surface area (Å²) in [5, 5.41) is 9.20. The van der Waals surface area contributed by atoms with Gasteiger partial charge in [0.25, 0.3) is 5.91 Å². The summed E-state index contributed by atoms with van der Waals surface area (Å²) in [5.74, 6) is -0.454. The normalized spacial score (nSPS) is 17.5. The highest BCUT2D eigenvalue weighted by Gasteiger charge is 2.32. The lowest BCUT2D eigenvalue weighted by Gasteiger charge is -2.24. The summed E-state index contributed by atoms with van der Waals surface area (Å²) >= 11 is 1.70. The molecule has 0 saturated carbocycles. The second kappa shape index (κ2) is 6.23. The van der Waals surface area contributed by atoms with Gasteiger partial charge in [-0.1, -0.05) is 42.5 Å². The molecule has 2 aromatic rings. The third kappa shape index (κ3) is 2.72. The number of carboxylic acid groups (broad SMARTS) is 1. The van der Waals surface area contributed by atoms with E-state index in [4.69, 9.17) is 0 Å². The zero-order valence-corrected chi connectivity index (χ0v) is 12.6. The van der Waals surface area contributed by atoms with E-state index in [2.05, 4.69) is 0 Å². The molecule has 3 rings (SSSR count). The molecule has 1 aliphatic rings. The third-order valence-corrected chi connectivity index (χ3v) is 4.89. The van der Waals surface area contributed by atoms with Gasteiger partial charge in [-0.15, -0.1) is 11.8 Å². The monoisotopic (exact) mass is 313 g/mol. The first-order valence-corrected chi connectivity index (χ1v) is 8.03. The van der Waals surface area contributed by atoms with Crippen LogP contribution >= 0.6 is 11.8 Å². The summed E-state index contributed by atoms with van der Waals surface area (Å²) in [6, 6.07) is 16.2. The summed E-state index contributed by atoms with van der Waals surface area (Å²) in [4.78, 5) is 25.9. The van der Waals surface area contributed by atoms with Crippen molar-refractivity contribution in [2.24, 2.45) is 0 Å². The minimum atomic E-state index is -1.08. The van der Waals surface area contributed by atoms with E-state index in [0.29, 0.717) is 6.54 Å². The molecule has 0 spiro atoms. The molecule has 2 aromatic carbocycles. The Bertz CT molecular complexity index is 702. The van der Waals surface area contributed by atoms with Crippen molar-refractivity contribution in [3.05, 3.63) is 71.3 Å². The van der Waals surface area contributed by atoms with Crippen LogP contribution in [0.5, 0.6) is 0 Å². The van der Waals surface area contributed by atoms with E-state index in [1.54, 1.807) is 34.9 Å². The van der Waals surface area contributed by atoms with Gasteiger partial charge in [-0.3, -0.25) is 4.79 Å². The number of carbonyl (C=O) groups is 2. The highest BCUT2D eigenvalue weighted by atomic mass is 32.2. The van der Waals surface area contributed by atoms with Crippen molar-refractivity contribution in [3.8, 4) is 0 Å². The van der Waals surface area contributed by atoms with Crippen molar-refractivity contribution >= 4 is 23.6 Å². The molecule has 0 radical (unpaired) electrons. The molecule has 1 saturated heterocycles. The highest BCUT2D eigenvalue weighted by molar-refractivity contribution is 7.99. The molecular weight excluding hydrogens is 298 g/mol. The summed E-state index contributed by atoms with van der Waals surface area (Å²) in [6.07, 6.45) is 0. The van der Waals surface area contributed by atoms with Crippen molar-refractivity contribution in [2.75, 3.05) is 12.3 Å². The number of hydrogen-bond donors (Lipinski definition) is 1. The largest absolute Gasteiger partial charge is 0.478 e. The van der Waals surface area contributed by atoms with Crippen molar-refractivity contribution in [3.63, 3.8) is 0 Å². The Hall–Kier alpha value is -2.27. The van der Waals surface area contributed by atoms with Gasteiger partial charge in [0.05, 0.1) is 11.1 Å². The fourth-order valence-electron chi connectivity index (χ4n) is 2.58. The minimum Gasteiger partial charge on any atom is -0.478 e. The molecule has 4 nitrogen and oxygen atoms in total. The molecule has 1 amide bonds. The van der Waals surface area contributed by atoms with E-state index in [1.165, 1.54) is 6.07 Å². The quantitative estimate of drug-likeness (QED) is 0.945. The van der Waals surface area contributed by atoms with Crippen LogP contribution in [-0.2, 0) is 0 Å². The van der Waals surface area contributed by atoms with Crippen LogP contribution in [0.3, 0.4) is 0 Å². The Balaban J connectivity index is 1.93. The molecule has 112 valence electrons. The first kappa shape index (κ1) is 14.7. The number of rotatable bonds is 3. The molecular formula is C17H15NO3S. The highest BCUT2D eigenvalue weighted by Crippen LogP contribution is 2.38. The summed E-state index contributed by atoms with van der Waals surface area (Å²) in [7, 11) is 0. The van der Waals surface area contributed by atoms with Gasteiger partial charge in [0.2, 0.25) is 0 Å². The van der Waals surface area contributed by atoms with Crippen molar-refractivity contribution < 1.29 is 14.7 Å².